The molecule has 18 heavy (non-hydrogen) atoms. The zero-order valence-electron chi connectivity index (χ0n) is 9.28. The van der Waals surface area contributed by atoms with Gasteiger partial charge in [0.2, 0.25) is 0 Å². The van der Waals surface area contributed by atoms with Crippen molar-refractivity contribution < 1.29 is 4.79 Å². The van der Waals surface area contributed by atoms with E-state index in [1.807, 2.05) is 28.8 Å². The largest absolute Gasteiger partial charge is 0.343 e. The van der Waals surface area contributed by atoms with Crippen LogP contribution >= 0.6 is 11.3 Å². The number of hydrogen-bond donors (Lipinski definition) is 1. The Morgan fingerprint density at radius 3 is 3.17 bits per heavy atom. The lowest BCUT2D eigenvalue weighted by atomic mass is 10.4. The summed E-state index contributed by atoms with van der Waals surface area (Å²) < 4.78 is 1.83. The topological polar surface area (TPSA) is 72.2 Å². The highest BCUT2D eigenvalue weighted by molar-refractivity contribution is 7.07. The zero-order valence-corrected chi connectivity index (χ0v) is 10.1. The van der Waals surface area contributed by atoms with E-state index in [1.54, 1.807) is 10.9 Å². The number of thiazole rings is 1. The summed E-state index contributed by atoms with van der Waals surface area (Å²) in [5, 5.41) is 12.5. The van der Waals surface area contributed by atoms with E-state index < -0.39 is 0 Å². The van der Waals surface area contributed by atoms with Crippen molar-refractivity contribution in [3.63, 3.8) is 0 Å². The van der Waals surface area contributed by atoms with Crippen molar-refractivity contribution in [2.45, 2.75) is 6.54 Å². The van der Waals surface area contributed by atoms with Gasteiger partial charge in [-0.05, 0) is 12.1 Å². The number of aromatic nitrogens is 4. The summed E-state index contributed by atoms with van der Waals surface area (Å²) in [6, 6.07) is 5.64. The molecule has 0 aliphatic rings. The second-order valence-electron chi connectivity index (χ2n) is 3.60. The molecule has 1 amide bonds. The van der Waals surface area contributed by atoms with Gasteiger partial charge in [0.15, 0.2) is 11.5 Å². The van der Waals surface area contributed by atoms with Crippen molar-refractivity contribution in [2.24, 2.45) is 0 Å². The van der Waals surface area contributed by atoms with E-state index >= 15 is 0 Å². The highest BCUT2D eigenvalue weighted by Crippen LogP contribution is 2.04. The molecule has 0 unspecified atom stereocenters. The lowest BCUT2D eigenvalue weighted by Gasteiger charge is -2.01. The Kier molecular flexibility index (Phi) is 2.73. The van der Waals surface area contributed by atoms with Gasteiger partial charge >= 0.3 is 0 Å². The fraction of sp³-hybridized carbons (Fsp3) is 0.0909. The van der Waals surface area contributed by atoms with Gasteiger partial charge in [0, 0.05) is 11.6 Å². The summed E-state index contributed by atoms with van der Waals surface area (Å²) in [6.07, 6.45) is 1.86. The van der Waals surface area contributed by atoms with Gasteiger partial charge < -0.3 is 5.32 Å². The summed E-state index contributed by atoms with van der Waals surface area (Å²) in [7, 11) is 0. The minimum atomic E-state index is -0.205. The molecule has 3 aromatic heterocycles. The molecule has 6 nitrogen and oxygen atoms in total. The molecular formula is C11H9N5OS. The van der Waals surface area contributed by atoms with E-state index in [0.29, 0.717) is 18.1 Å². The van der Waals surface area contributed by atoms with Crippen molar-refractivity contribution in [1.29, 1.82) is 0 Å². The third kappa shape index (κ3) is 1.95. The quantitative estimate of drug-likeness (QED) is 0.765. The van der Waals surface area contributed by atoms with Gasteiger partial charge in [0.25, 0.3) is 5.91 Å². The van der Waals surface area contributed by atoms with Crippen LogP contribution in [0.25, 0.3) is 5.65 Å². The minimum Gasteiger partial charge on any atom is -0.343 e. The lowest BCUT2D eigenvalue weighted by molar-refractivity contribution is 0.0945. The van der Waals surface area contributed by atoms with Crippen molar-refractivity contribution in [1.82, 2.24) is 24.9 Å². The number of carbonyl (C=O) groups is 1. The Morgan fingerprint density at radius 1 is 1.39 bits per heavy atom. The lowest BCUT2D eigenvalue weighted by Crippen LogP contribution is -2.24. The van der Waals surface area contributed by atoms with E-state index in [2.05, 4.69) is 20.5 Å². The van der Waals surface area contributed by atoms with Crippen molar-refractivity contribution in [3.8, 4) is 0 Å². The molecule has 90 valence electrons. The summed E-state index contributed by atoms with van der Waals surface area (Å²) in [5.74, 6) is 0.484. The van der Waals surface area contributed by atoms with Crippen LogP contribution in [0.5, 0.6) is 0 Å². The van der Waals surface area contributed by atoms with Crippen LogP contribution in [-0.4, -0.2) is 25.5 Å². The molecule has 0 radical (unpaired) electrons. The van der Waals surface area contributed by atoms with Crippen molar-refractivity contribution >= 4 is 22.9 Å². The molecule has 0 bridgehead atoms. The first-order valence-corrected chi connectivity index (χ1v) is 6.24. The van der Waals surface area contributed by atoms with E-state index in [4.69, 9.17) is 0 Å². The third-order valence-electron chi connectivity index (χ3n) is 2.46. The number of pyridine rings is 1. The van der Waals surface area contributed by atoms with E-state index in [9.17, 15) is 4.79 Å². The Bertz CT molecular complexity index is 676. The normalized spacial score (nSPS) is 10.7. The number of hydrogen-bond acceptors (Lipinski definition) is 5. The number of amides is 1. The Hall–Kier alpha value is -2.28. The van der Waals surface area contributed by atoms with Crippen LogP contribution in [0, 0.1) is 0 Å². The standard InChI is InChI=1S/C11H9N5OS/c17-11(8-6-18-7-13-8)12-5-10-15-14-9-3-1-2-4-16(9)10/h1-4,6-7H,5H2,(H,12,17). The van der Waals surface area contributed by atoms with Gasteiger partial charge in [-0.1, -0.05) is 6.07 Å². The molecule has 0 saturated heterocycles. The first-order valence-electron chi connectivity index (χ1n) is 5.29. The molecule has 3 heterocycles. The summed E-state index contributed by atoms with van der Waals surface area (Å²) in [6.45, 7) is 0.321. The fourth-order valence-corrected chi connectivity index (χ4v) is 2.12. The van der Waals surface area contributed by atoms with Crippen LogP contribution in [-0.2, 0) is 6.54 Å². The monoisotopic (exact) mass is 259 g/mol. The van der Waals surface area contributed by atoms with Gasteiger partial charge in [0.1, 0.15) is 5.69 Å². The molecule has 0 aliphatic heterocycles. The molecule has 0 spiro atoms. The van der Waals surface area contributed by atoms with Crippen LogP contribution in [0.15, 0.2) is 35.3 Å². The maximum Gasteiger partial charge on any atom is 0.271 e. The minimum absolute atomic E-state index is 0.205. The van der Waals surface area contributed by atoms with Gasteiger partial charge in [-0.2, -0.15) is 0 Å². The van der Waals surface area contributed by atoms with Crippen LogP contribution < -0.4 is 5.32 Å². The summed E-state index contributed by atoms with van der Waals surface area (Å²) in [5.41, 5.74) is 2.81. The Morgan fingerprint density at radius 2 is 2.33 bits per heavy atom. The SMILES string of the molecule is O=C(NCc1nnc2ccccn12)c1cscn1. The molecule has 3 rings (SSSR count). The van der Waals surface area contributed by atoms with Crippen LogP contribution in [0.3, 0.4) is 0 Å². The predicted molar refractivity (Wildman–Crippen MR) is 66.3 cm³/mol. The molecule has 0 saturated carbocycles. The van der Waals surface area contributed by atoms with E-state index in [-0.39, 0.29) is 5.91 Å². The first kappa shape index (κ1) is 10.8. The molecule has 3 aromatic rings. The van der Waals surface area contributed by atoms with E-state index in [0.717, 1.165) is 5.65 Å². The van der Waals surface area contributed by atoms with Gasteiger partial charge in [-0.3, -0.25) is 9.20 Å². The number of carbonyl (C=O) groups excluding carboxylic acids is 1. The average Bonchev–Trinajstić information content (AvgIpc) is 3.06. The highest BCUT2D eigenvalue weighted by Gasteiger charge is 2.09. The van der Waals surface area contributed by atoms with Gasteiger partial charge in [0.05, 0.1) is 12.1 Å². The smallest absolute Gasteiger partial charge is 0.271 e. The maximum atomic E-state index is 11.7. The third-order valence-corrected chi connectivity index (χ3v) is 3.04. The van der Waals surface area contributed by atoms with Crippen LogP contribution in [0.1, 0.15) is 16.3 Å². The molecule has 0 atom stereocenters. The summed E-state index contributed by atoms with van der Waals surface area (Å²) in [4.78, 5) is 15.7. The predicted octanol–water partition coefficient (Wildman–Crippen LogP) is 1.12. The average molecular weight is 259 g/mol. The molecule has 7 heteroatoms. The second kappa shape index (κ2) is 4.53. The zero-order chi connectivity index (χ0) is 12.4. The number of rotatable bonds is 3. The molecular weight excluding hydrogens is 250 g/mol. The molecule has 0 fully saturated rings. The molecule has 1 N–H and O–H groups in total. The Labute approximate surface area is 106 Å². The number of nitrogens with zero attached hydrogens (tertiary/aromatic N) is 4. The molecule has 0 aromatic carbocycles. The fourth-order valence-electron chi connectivity index (χ4n) is 1.59. The van der Waals surface area contributed by atoms with Crippen molar-refractivity contribution in [2.75, 3.05) is 0 Å². The first-order chi connectivity index (χ1) is 8.84. The van der Waals surface area contributed by atoms with E-state index in [1.165, 1.54) is 11.3 Å². The summed E-state index contributed by atoms with van der Waals surface area (Å²) >= 11 is 1.39. The second-order valence-corrected chi connectivity index (χ2v) is 4.32. The Balaban J connectivity index is 1.76. The van der Waals surface area contributed by atoms with Crippen molar-refractivity contribution in [3.05, 3.63) is 46.8 Å². The number of fused-ring (bicyclic) bond motifs is 1. The highest BCUT2D eigenvalue weighted by atomic mass is 32.1. The molecule has 0 aliphatic carbocycles. The maximum absolute atomic E-state index is 11.7. The van der Waals surface area contributed by atoms with Crippen LogP contribution in [0.2, 0.25) is 0 Å². The number of nitrogens with one attached hydrogen (secondary N) is 1. The van der Waals surface area contributed by atoms with Gasteiger partial charge in [-0.25, -0.2) is 4.98 Å². The van der Waals surface area contributed by atoms with Crippen LogP contribution in [0.4, 0.5) is 0 Å². The van der Waals surface area contributed by atoms with Gasteiger partial charge in [-0.15, -0.1) is 21.5 Å².